The molecule has 3 rings (SSSR count). The van der Waals surface area contributed by atoms with E-state index in [0.717, 1.165) is 18.4 Å². The van der Waals surface area contributed by atoms with Crippen molar-refractivity contribution in [2.45, 2.75) is 12.8 Å². The molecule has 0 spiro atoms. The van der Waals surface area contributed by atoms with E-state index in [0.29, 0.717) is 18.0 Å². The number of amides is 1. The number of H-pyrrole nitrogens is 1. The Morgan fingerprint density at radius 3 is 2.56 bits per heavy atom. The van der Waals surface area contributed by atoms with Crippen molar-refractivity contribution in [2.24, 2.45) is 0 Å². The molecule has 0 saturated carbocycles. The summed E-state index contributed by atoms with van der Waals surface area (Å²) in [5, 5.41) is 2.84. The Morgan fingerprint density at radius 2 is 1.85 bits per heavy atom. The molecule has 2 N–H and O–H groups in total. The number of ether oxygens (including phenoxy) is 1. The average Bonchev–Trinajstić information content (AvgIpc) is 2.71. The molecule has 0 saturated heterocycles. The first kappa shape index (κ1) is 18.4. The monoisotopic (exact) mass is 363 g/mol. The smallest absolute Gasteiger partial charge is 0.346 e. The predicted octanol–water partition coefficient (Wildman–Crippen LogP) is 2.81. The SMILES string of the molecule is COc1ccc(-c2cc(C(=O)NCCCc3ccccc3)[nH]c(=O)n2)cc1. The number of methoxy groups -OCH3 is 1. The van der Waals surface area contributed by atoms with Crippen molar-refractivity contribution in [3.63, 3.8) is 0 Å². The van der Waals surface area contributed by atoms with Crippen molar-refractivity contribution in [1.82, 2.24) is 15.3 Å². The maximum absolute atomic E-state index is 12.4. The minimum Gasteiger partial charge on any atom is -0.497 e. The molecule has 27 heavy (non-hydrogen) atoms. The number of hydrogen-bond donors (Lipinski definition) is 2. The van der Waals surface area contributed by atoms with E-state index < -0.39 is 5.69 Å². The summed E-state index contributed by atoms with van der Waals surface area (Å²) in [5.74, 6) is 0.386. The van der Waals surface area contributed by atoms with Crippen molar-refractivity contribution in [1.29, 1.82) is 0 Å². The second-order valence-corrected chi connectivity index (χ2v) is 6.06. The van der Waals surface area contributed by atoms with Crippen molar-refractivity contribution in [3.8, 4) is 17.0 Å². The summed E-state index contributed by atoms with van der Waals surface area (Å²) in [6.07, 6.45) is 1.70. The van der Waals surface area contributed by atoms with Gasteiger partial charge in [-0.15, -0.1) is 0 Å². The number of aromatic nitrogens is 2. The van der Waals surface area contributed by atoms with Gasteiger partial charge in [0.05, 0.1) is 12.8 Å². The Morgan fingerprint density at radius 1 is 1.11 bits per heavy atom. The van der Waals surface area contributed by atoms with Gasteiger partial charge in [-0.05, 0) is 48.7 Å². The number of aromatic amines is 1. The van der Waals surface area contributed by atoms with E-state index in [-0.39, 0.29) is 11.6 Å². The summed E-state index contributed by atoms with van der Waals surface area (Å²) in [7, 11) is 1.58. The van der Waals surface area contributed by atoms with Crippen LogP contribution >= 0.6 is 0 Å². The Bertz CT molecular complexity index is 950. The Labute approximate surface area is 157 Å². The van der Waals surface area contributed by atoms with E-state index in [2.05, 4.69) is 27.4 Å². The fourth-order valence-electron chi connectivity index (χ4n) is 2.72. The molecule has 0 aliphatic carbocycles. The first-order chi connectivity index (χ1) is 13.2. The van der Waals surface area contributed by atoms with E-state index in [1.54, 1.807) is 37.4 Å². The van der Waals surface area contributed by atoms with Crippen molar-refractivity contribution in [2.75, 3.05) is 13.7 Å². The molecule has 6 nitrogen and oxygen atoms in total. The minimum absolute atomic E-state index is 0.195. The first-order valence-corrected chi connectivity index (χ1v) is 8.73. The summed E-state index contributed by atoms with van der Waals surface area (Å²) < 4.78 is 5.13. The highest BCUT2D eigenvalue weighted by atomic mass is 16.5. The van der Waals surface area contributed by atoms with Crippen LogP contribution in [-0.4, -0.2) is 29.5 Å². The third kappa shape index (κ3) is 5.04. The van der Waals surface area contributed by atoms with Gasteiger partial charge in [0, 0.05) is 12.1 Å². The number of nitrogens with one attached hydrogen (secondary N) is 2. The van der Waals surface area contributed by atoms with Crippen LogP contribution in [0.4, 0.5) is 0 Å². The summed E-state index contributed by atoms with van der Waals surface area (Å²) in [6.45, 7) is 0.524. The zero-order valence-electron chi connectivity index (χ0n) is 15.1. The zero-order valence-corrected chi connectivity index (χ0v) is 15.1. The number of aryl methyl sites for hydroxylation is 1. The molecule has 2 aromatic carbocycles. The van der Waals surface area contributed by atoms with E-state index in [1.165, 1.54) is 5.56 Å². The van der Waals surface area contributed by atoms with Crippen molar-refractivity contribution >= 4 is 5.91 Å². The zero-order chi connectivity index (χ0) is 19.1. The van der Waals surface area contributed by atoms with Crippen LogP contribution in [-0.2, 0) is 6.42 Å². The third-order valence-electron chi connectivity index (χ3n) is 4.15. The quantitative estimate of drug-likeness (QED) is 0.632. The maximum atomic E-state index is 12.4. The molecule has 3 aromatic rings. The molecule has 1 aromatic heterocycles. The summed E-state index contributed by atoms with van der Waals surface area (Å²) >= 11 is 0. The summed E-state index contributed by atoms with van der Waals surface area (Å²) in [4.78, 5) is 30.7. The lowest BCUT2D eigenvalue weighted by Gasteiger charge is -2.07. The topological polar surface area (TPSA) is 84.1 Å². The average molecular weight is 363 g/mol. The molecule has 6 heteroatoms. The first-order valence-electron chi connectivity index (χ1n) is 8.73. The number of nitrogens with zero attached hydrogens (tertiary/aromatic N) is 1. The van der Waals surface area contributed by atoms with Gasteiger partial charge in [0.25, 0.3) is 5.91 Å². The van der Waals surface area contributed by atoms with Crippen molar-refractivity contribution < 1.29 is 9.53 Å². The Hall–Kier alpha value is -3.41. The molecule has 0 bridgehead atoms. The number of carbonyl (C=O) groups excluding carboxylic acids is 1. The van der Waals surface area contributed by atoms with Crippen LogP contribution < -0.4 is 15.7 Å². The minimum atomic E-state index is -0.558. The lowest BCUT2D eigenvalue weighted by Crippen LogP contribution is -2.28. The van der Waals surface area contributed by atoms with Crippen LogP contribution in [0.25, 0.3) is 11.3 Å². The largest absolute Gasteiger partial charge is 0.497 e. The van der Waals surface area contributed by atoms with Gasteiger partial charge in [-0.2, -0.15) is 4.98 Å². The molecule has 138 valence electrons. The lowest BCUT2D eigenvalue weighted by atomic mass is 10.1. The van der Waals surface area contributed by atoms with Gasteiger partial charge in [-0.3, -0.25) is 4.79 Å². The maximum Gasteiger partial charge on any atom is 0.346 e. The van der Waals surface area contributed by atoms with Gasteiger partial charge in [0.15, 0.2) is 0 Å². The Balaban J connectivity index is 1.64. The second-order valence-electron chi connectivity index (χ2n) is 6.06. The fraction of sp³-hybridized carbons (Fsp3) is 0.190. The van der Waals surface area contributed by atoms with E-state index in [1.807, 2.05) is 18.2 Å². The standard InChI is InChI=1S/C21H21N3O3/c1-27-17-11-9-16(10-12-17)18-14-19(24-21(26)23-18)20(25)22-13-5-8-15-6-3-2-4-7-15/h2-4,6-7,9-12,14H,5,8,13H2,1H3,(H,22,25)(H,23,24,26). The summed E-state index contributed by atoms with van der Waals surface area (Å²) in [5.41, 5.74) is 2.04. The molecule has 0 aliphatic rings. The van der Waals surface area contributed by atoms with Gasteiger partial charge in [-0.25, -0.2) is 4.79 Å². The molecular weight excluding hydrogens is 342 g/mol. The van der Waals surface area contributed by atoms with Crippen LogP contribution in [0.3, 0.4) is 0 Å². The molecule has 0 unspecified atom stereocenters. The van der Waals surface area contributed by atoms with E-state index in [4.69, 9.17) is 4.74 Å². The molecular formula is C21H21N3O3. The van der Waals surface area contributed by atoms with Gasteiger partial charge in [0.2, 0.25) is 0 Å². The number of hydrogen-bond acceptors (Lipinski definition) is 4. The molecule has 1 heterocycles. The van der Waals surface area contributed by atoms with Crippen LogP contribution in [0, 0.1) is 0 Å². The van der Waals surface area contributed by atoms with Crippen LogP contribution in [0.15, 0.2) is 65.5 Å². The normalized spacial score (nSPS) is 10.4. The van der Waals surface area contributed by atoms with E-state index in [9.17, 15) is 9.59 Å². The number of carbonyl (C=O) groups is 1. The van der Waals surface area contributed by atoms with Crippen molar-refractivity contribution in [3.05, 3.63) is 82.4 Å². The van der Waals surface area contributed by atoms with Crippen LogP contribution in [0.5, 0.6) is 5.75 Å². The second kappa shape index (κ2) is 8.80. The van der Waals surface area contributed by atoms with Gasteiger partial charge < -0.3 is 15.0 Å². The Kier molecular flexibility index (Phi) is 5.99. The van der Waals surface area contributed by atoms with Gasteiger partial charge >= 0.3 is 5.69 Å². The fourth-order valence-corrected chi connectivity index (χ4v) is 2.72. The number of benzene rings is 2. The highest BCUT2D eigenvalue weighted by molar-refractivity contribution is 5.93. The molecule has 0 fully saturated rings. The molecule has 0 atom stereocenters. The lowest BCUT2D eigenvalue weighted by molar-refractivity contribution is 0.0948. The highest BCUT2D eigenvalue weighted by Gasteiger charge is 2.10. The third-order valence-corrected chi connectivity index (χ3v) is 4.15. The van der Waals surface area contributed by atoms with Crippen LogP contribution in [0.2, 0.25) is 0 Å². The van der Waals surface area contributed by atoms with Crippen LogP contribution in [0.1, 0.15) is 22.5 Å². The highest BCUT2D eigenvalue weighted by Crippen LogP contribution is 2.20. The summed E-state index contributed by atoms with van der Waals surface area (Å²) in [6, 6.07) is 18.8. The molecule has 0 aliphatic heterocycles. The number of rotatable bonds is 7. The van der Waals surface area contributed by atoms with Gasteiger partial charge in [0.1, 0.15) is 11.4 Å². The van der Waals surface area contributed by atoms with E-state index >= 15 is 0 Å². The molecule has 0 radical (unpaired) electrons. The predicted molar refractivity (Wildman–Crippen MR) is 104 cm³/mol. The van der Waals surface area contributed by atoms with Gasteiger partial charge in [-0.1, -0.05) is 30.3 Å². The molecule has 1 amide bonds.